The molecule has 1 heterocycles. The predicted octanol–water partition coefficient (Wildman–Crippen LogP) is 3.53. The maximum atomic E-state index is 12.0. The van der Waals surface area contributed by atoms with E-state index in [1.54, 1.807) is 12.1 Å². The first kappa shape index (κ1) is 14.6. The van der Waals surface area contributed by atoms with Gasteiger partial charge in [0.25, 0.3) is 5.69 Å². The summed E-state index contributed by atoms with van der Waals surface area (Å²) in [6.07, 6.45) is 3.26. The molecule has 1 aromatic heterocycles. The second-order valence-electron chi connectivity index (χ2n) is 5.05. The van der Waals surface area contributed by atoms with Gasteiger partial charge in [-0.15, -0.1) is 0 Å². The molecule has 0 spiro atoms. The van der Waals surface area contributed by atoms with E-state index in [4.69, 9.17) is 0 Å². The number of benzene rings is 2. The van der Waals surface area contributed by atoms with Crippen molar-refractivity contribution in [1.29, 1.82) is 0 Å². The predicted molar refractivity (Wildman–Crippen MR) is 87.7 cm³/mol. The smallest absolute Gasteiger partial charge is 0.270 e. The number of Topliss-reactive ketones (excluding diaryl/α,β-unsaturated/α-hetero) is 1. The van der Waals surface area contributed by atoms with E-state index >= 15 is 0 Å². The van der Waals surface area contributed by atoms with Crippen LogP contribution in [0.2, 0.25) is 0 Å². The summed E-state index contributed by atoms with van der Waals surface area (Å²) in [5.74, 6) is -0.141. The third-order valence-corrected chi connectivity index (χ3v) is 3.45. The number of hydrogen-bond donors (Lipinski definition) is 0. The molecule has 0 unspecified atom stereocenters. The van der Waals surface area contributed by atoms with Gasteiger partial charge in [0.15, 0.2) is 5.78 Å². The molecule has 6 heteroatoms. The summed E-state index contributed by atoms with van der Waals surface area (Å²) >= 11 is 0. The Kier molecular flexibility index (Phi) is 3.72. The van der Waals surface area contributed by atoms with Gasteiger partial charge in [0.05, 0.1) is 16.6 Å². The third-order valence-electron chi connectivity index (χ3n) is 3.45. The average molecular weight is 307 g/mol. The van der Waals surface area contributed by atoms with Crippen molar-refractivity contribution in [1.82, 2.24) is 9.78 Å². The first-order valence-corrected chi connectivity index (χ1v) is 6.96. The highest BCUT2D eigenvalue weighted by Gasteiger charge is 2.14. The summed E-state index contributed by atoms with van der Waals surface area (Å²) in [5.41, 5.74) is 1.92. The van der Waals surface area contributed by atoms with Crippen LogP contribution in [-0.4, -0.2) is 20.5 Å². The lowest BCUT2D eigenvalue weighted by molar-refractivity contribution is -0.384. The molecule has 0 radical (unpaired) electrons. The van der Waals surface area contributed by atoms with Gasteiger partial charge in [0.1, 0.15) is 5.70 Å². The van der Waals surface area contributed by atoms with Gasteiger partial charge in [-0.1, -0.05) is 30.3 Å². The number of hydrogen-bond acceptors (Lipinski definition) is 4. The van der Waals surface area contributed by atoms with Crippen LogP contribution in [-0.2, 0) is 4.79 Å². The van der Waals surface area contributed by atoms with E-state index < -0.39 is 4.92 Å². The van der Waals surface area contributed by atoms with Crippen molar-refractivity contribution in [2.75, 3.05) is 0 Å². The molecule has 2 aromatic carbocycles. The molecule has 114 valence electrons. The molecule has 0 bridgehead atoms. The Morgan fingerprint density at radius 3 is 2.61 bits per heavy atom. The highest BCUT2D eigenvalue weighted by atomic mass is 16.6. The normalized spacial score (nSPS) is 11.6. The first-order chi connectivity index (χ1) is 11.1. The van der Waals surface area contributed by atoms with Gasteiger partial charge in [-0.25, -0.2) is 4.68 Å². The molecule has 0 fully saturated rings. The number of nitro benzene ring substituents is 1. The minimum absolute atomic E-state index is 0.00605. The maximum absolute atomic E-state index is 12.0. The number of nitro groups is 1. The fourth-order valence-electron chi connectivity index (χ4n) is 2.34. The van der Waals surface area contributed by atoms with Crippen LogP contribution in [0.5, 0.6) is 0 Å². The number of allylic oxidation sites excluding steroid dienone is 1. The third kappa shape index (κ3) is 2.87. The minimum Gasteiger partial charge on any atom is -0.293 e. The molecule has 0 N–H and O–H groups in total. The number of rotatable bonds is 4. The van der Waals surface area contributed by atoms with Crippen molar-refractivity contribution in [2.24, 2.45) is 0 Å². The molecule has 0 saturated heterocycles. The fourth-order valence-corrected chi connectivity index (χ4v) is 2.34. The topological polar surface area (TPSA) is 78.0 Å². The molecule has 23 heavy (non-hydrogen) atoms. The van der Waals surface area contributed by atoms with Crippen molar-refractivity contribution >= 4 is 34.1 Å². The van der Waals surface area contributed by atoms with E-state index in [1.807, 2.05) is 30.3 Å². The fraction of sp³-hybridized carbons (Fsp3) is 0.0588. The SMILES string of the molecule is CC(=O)/C(=C/c1ccccc1)n1ncc2cc([N+](=O)[O-])ccc21. The van der Waals surface area contributed by atoms with Gasteiger partial charge in [0, 0.05) is 24.4 Å². The molecular weight excluding hydrogens is 294 g/mol. The Labute approximate surface area is 131 Å². The average Bonchev–Trinajstić information content (AvgIpc) is 2.96. The number of carbonyl (C=O) groups is 1. The highest BCUT2D eigenvalue weighted by molar-refractivity contribution is 6.19. The van der Waals surface area contributed by atoms with Gasteiger partial charge in [0.2, 0.25) is 0 Å². The van der Waals surface area contributed by atoms with Gasteiger partial charge in [-0.2, -0.15) is 5.10 Å². The number of fused-ring (bicyclic) bond motifs is 1. The minimum atomic E-state index is -0.456. The number of aromatic nitrogens is 2. The van der Waals surface area contributed by atoms with Crippen molar-refractivity contribution < 1.29 is 9.72 Å². The lowest BCUT2D eigenvalue weighted by Gasteiger charge is -2.06. The summed E-state index contributed by atoms with van der Waals surface area (Å²) in [7, 11) is 0. The van der Waals surface area contributed by atoms with E-state index in [0.717, 1.165) is 5.56 Å². The zero-order valence-corrected chi connectivity index (χ0v) is 12.3. The van der Waals surface area contributed by atoms with Crippen molar-refractivity contribution in [3.05, 3.63) is 70.4 Å². The number of ketones is 1. The van der Waals surface area contributed by atoms with Gasteiger partial charge in [-0.3, -0.25) is 14.9 Å². The summed E-state index contributed by atoms with van der Waals surface area (Å²) in [6, 6.07) is 13.9. The molecule has 6 nitrogen and oxygen atoms in total. The molecule has 3 aromatic rings. The second kappa shape index (κ2) is 5.84. The molecule has 0 aliphatic heterocycles. The van der Waals surface area contributed by atoms with Crippen LogP contribution < -0.4 is 0 Å². The number of carbonyl (C=O) groups excluding carboxylic acids is 1. The number of nitrogens with zero attached hydrogens (tertiary/aromatic N) is 3. The quantitative estimate of drug-likeness (QED) is 0.419. The van der Waals surface area contributed by atoms with Crippen molar-refractivity contribution in [3.63, 3.8) is 0 Å². The Morgan fingerprint density at radius 1 is 1.22 bits per heavy atom. The monoisotopic (exact) mass is 307 g/mol. The van der Waals surface area contributed by atoms with Crippen LogP contribution in [0.25, 0.3) is 22.7 Å². The lowest BCUT2D eigenvalue weighted by Crippen LogP contribution is -2.06. The Morgan fingerprint density at radius 2 is 1.96 bits per heavy atom. The summed E-state index contributed by atoms with van der Waals surface area (Å²) < 4.78 is 1.51. The zero-order valence-electron chi connectivity index (χ0n) is 12.3. The van der Waals surface area contributed by atoms with E-state index in [0.29, 0.717) is 16.6 Å². The molecular formula is C17H13N3O3. The van der Waals surface area contributed by atoms with Gasteiger partial charge < -0.3 is 0 Å². The van der Waals surface area contributed by atoms with Gasteiger partial charge >= 0.3 is 0 Å². The van der Waals surface area contributed by atoms with E-state index in [2.05, 4.69) is 5.10 Å². The second-order valence-corrected chi connectivity index (χ2v) is 5.05. The standard InChI is InChI=1S/C17H13N3O3/c1-12(21)17(9-13-5-3-2-4-6-13)19-16-8-7-15(20(22)23)10-14(16)11-18-19/h2-11H,1H3/b17-9-. The Bertz CT molecular complexity index is 927. The summed E-state index contributed by atoms with van der Waals surface area (Å²) in [6.45, 7) is 1.47. The van der Waals surface area contributed by atoms with Crippen LogP contribution in [0.4, 0.5) is 5.69 Å². The van der Waals surface area contributed by atoms with Crippen LogP contribution in [0.1, 0.15) is 12.5 Å². The molecule has 0 atom stereocenters. The molecule has 0 aliphatic rings. The largest absolute Gasteiger partial charge is 0.293 e. The Hall–Kier alpha value is -3.28. The summed E-state index contributed by atoms with van der Waals surface area (Å²) in [4.78, 5) is 22.4. The van der Waals surface area contributed by atoms with Crippen LogP contribution in [0.15, 0.2) is 54.7 Å². The van der Waals surface area contributed by atoms with E-state index in [-0.39, 0.29) is 11.5 Å². The van der Waals surface area contributed by atoms with E-state index in [9.17, 15) is 14.9 Å². The Balaban J connectivity index is 2.14. The van der Waals surface area contributed by atoms with Crippen LogP contribution >= 0.6 is 0 Å². The van der Waals surface area contributed by atoms with Crippen molar-refractivity contribution in [3.8, 4) is 0 Å². The molecule has 0 saturated carbocycles. The van der Waals surface area contributed by atoms with Gasteiger partial charge in [-0.05, 0) is 17.7 Å². The van der Waals surface area contributed by atoms with Crippen LogP contribution in [0, 0.1) is 10.1 Å². The zero-order chi connectivity index (χ0) is 16.4. The van der Waals surface area contributed by atoms with Crippen molar-refractivity contribution in [2.45, 2.75) is 6.92 Å². The number of non-ortho nitro benzene ring substituents is 1. The molecule has 0 amide bonds. The van der Waals surface area contributed by atoms with Crippen LogP contribution in [0.3, 0.4) is 0 Å². The first-order valence-electron chi connectivity index (χ1n) is 6.96. The molecule has 0 aliphatic carbocycles. The maximum Gasteiger partial charge on any atom is 0.270 e. The molecule has 3 rings (SSSR count). The summed E-state index contributed by atoms with van der Waals surface area (Å²) in [5, 5.41) is 15.7. The van der Waals surface area contributed by atoms with E-state index in [1.165, 1.54) is 29.9 Å². The highest BCUT2D eigenvalue weighted by Crippen LogP contribution is 2.24. The lowest BCUT2D eigenvalue weighted by atomic mass is 10.1.